The molecule has 0 bridgehead atoms. The first-order chi connectivity index (χ1) is 17.1. The van der Waals surface area contributed by atoms with E-state index in [2.05, 4.69) is 20.6 Å². The second-order valence-corrected chi connectivity index (χ2v) is 10.3. The van der Waals surface area contributed by atoms with Gasteiger partial charge in [-0.3, -0.25) is 10.1 Å². The number of benzene rings is 2. The van der Waals surface area contributed by atoms with Crippen LogP contribution in [-0.2, 0) is 4.74 Å². The van der Waals surface area contributed by atoms with Gasteiger partial charge in [0.25, 0.3) is 5.91 Å². The molecule has 184 valence electrons. The summed E-state index contributed by atoms with van der Waals surface area (Å²) in [6.45, 7) is 5.38. The Morgan fingerprint density at radius 1 is 0.778 bits per heavy atom. The maximum atomic E-state index is 12.7. The van der Waals surface area contributed by atoms with Crippen LogP contribution in [0, 0.1) is 0 Å². The van der Waals surface area contributed by atoms with Crippen LogP contribution in [0.1, 0.15) is 41.7 Å². The highest BCUT2D eigenvalue weighted by Gasteiger charge is 2.17. The fourth-order valence-electron chi connectivity index (χ4n) is 3.02. The van der Waals surface area contributed by atoms with Gasteiger partial charge >= 0.3 is 12.1 Å². The van der Waals surface area contributed by atoms with Crippen molar-refractivity contribution in [2.75, 3.05) is 10.6 Å². The maximum Gasteiger partial charge on any atom is 0.412 e. The number of carbonyl (C=O) groups is 3. The summed E-state index contributed by atoms with van der Waals surface area (Å²) < 4.78 is 5.24. The summed E-state index contributed by atoms with van der Waals surface area (Å²) in [6, 6.07) is 14.1. The first-order valence-corrected chi connectivity index (χ1v) is 12.5. The minimum Gasteiger partial charge on any atom is -0.476 e. The molecule has 2 aromatic heterocycles. The van der Waals surface area contributed by atoms with Gasteiger partial charge in [0.05, 0.1) is 0 Å². The molecule has 0 aliphatic rings. The van der Waals surface area contributed by atoms with Crippen LogP contribution in [0.4, 0.5) is 16.2 Å². The lowest BCUT2D eigenvalue weighted by Gasteiger charge is -2.19. The quantitative estimate of drug-likeness (QED) is 0.273. The first kappa shape index (κ1) is 25.0. The van der Waals surface area contributed by atoms with Crippen molar-refractivity contribution in [2.24, 2.45) is 0 Å². The van der Waals surface area contributed by atoms with Crippen LogP contribution in [0.25, 0.3) is 21.1 Å². The molecule has 11 heteroatoms. The topological polar surface area (TPSA) is 131 Å². The summed E-state index contributed by atoms with van der Waals surface area (Å²) in [5, 5.41) is 18.9. The molecule has 0 radical (unpaired) electrons. The predicted octanol–water partition coefficient (Wildman–Crippen LogP) is 6.23. The van der Waals surface area contributed by atoms with Crippen LogP contribution in [0.15, 0.2) is 59.3 Å². The van der Waals surface area contributed by atoms with E-state index in [0.717, 1.165) is 11.1 Å². The summed E-state index contributed by atoms with van der Waals surface area (Å²) in [4.78, 5) is 44.1. The van der Waals surface area contributed by atoms with Crippen LogP contribution in [0.3, 0.4) is 0 Å². The van der Waals surface area contributed by atoms with Crippen molar-refractivity contribution in [3.05, 3.63) is 70.7 Å². The van der Waals surface area contributed by atoms with Crippen molar-refractivity contribution in [3.63, 3.8) is 0 Å². The van der Waals surface area contributed by atoms with Crippen LogP contribution < -0.4 is 10.6 Å². The first-order valence-electron chi connectivity index (χ1n) is 10.7. The van der Waals surface area contributed by atoms with Crippen LogP contribution in [-0.4, -0.2) is 38.6 Å². The molecule has 9 nitrogen and oxygen atoms in total. The Morgan fingerprint density at radius 2 is 1.25 bits per heavy atom. The van der Waals surface area contributed by atoms with E-state index < -0.39 is 17.7 Å². The number of hydrogen-bond acceptors (Lipinski definition) is 8. The van der Waals surface area contributed by atoms with Crippen molar-refractivity contribution >= 4 is 52.0 Å². The number of aromatic carboxylic acids is 1. The third-order valence-corrected chi connectivity index (χ3v) is 6.41. The second-order valence-electron chi connectivity index (χ2n) is 8.62. The molecule has 2 heterocycles. The van der Waals surface area contributed by atoms with Crippen LogP contribution in [0.2, 0.25) is 0 Å². The third kappa shape index (κ3) is 6.32. The number of rotatable bonds is 6. The zero-order valence-electron chi connectivity index (χ0n) is 19.6. The minimum atomic E-state index is -1.07. The molecule has 4 rings (SSSR count). The molecule has 2 amide bonds. The van der Waals surface area contributed by atoms with E-state index >= 15 is 0 Å². The van der Waals surface area contributed by atoms with Crippen molar-refractivity contribution in [1.82, 2.24) is 9.97 Å². The lowest BCUT2D eigenvalue weighted by molar-refractivity contribution is 0.0633. The smallest absolute Gasteiger partial charge is 0.412 e. The second kappa shape index (κ2) is 10.3. The molecule has 0 aliphatic carbocycles. The van der Waals surface area contributed by atoms with Gasteiger partial charge in [-0.2, -0.15) is 0 Å². The van der Waals surface area contributed by atoms with Crippen molar-refractivity contribution < 1.29 is 24.2 Å². The van der Waals surface area contributed by atoms with E-state index in [9.17, 15) is 14.4 Å². The normalized spacial score (nSPS) is 11.1. The lowest BCUT2D eigenvalue weighted by atomic mass is 10.2. The van der Waals surface area contributed by atoms with Gasteiger partial charge in [-0.25, -0.2) is 19.6 Å². The molecule has 0 unspecified atom stereocenters. The SMILES string of the molecule is CC(C)(C)OC(=O)Nc1ccc(-c2nc(C(=O)Nc3ccc(-c4nc(C(=O)O)cs4)cc3)cs2)cc1. The Balaban J connectivity index is 1.37. The van der Waals surface area contributed by atoms with E-state index in [-0.39, 0.29) is 17.3 Å². The number of amides is 2. The van der Waals surface area contributed by atoms with Crippen LogP contribution >= 0.6 is 22.7 Å². The van der Waals surface area contributed by atoms with Gasteiger partial charge in [-0.05, 0) is 69.3 Å². The molecule has 0 saturated heterocycles. The minimum absolute atomic E-state index is 0.000611. The largest absolute Gasteiger partial charge is 0.476 e. The van der Waals surface area contributed by atoms with Crippen LogP contribution in [0.5, 0.6) is 0 Å². The number of hydrogen-bond donors (Lipinski definition) is 3. The number of anilines is 2. The molecule has 36 heavy (non-hydrogen) atoms. The number of carbonyl (C=O) groups excluding carboxylic acids is 2. The Kier molecular flexibility index (Phi) is 7.13. The average molecular weight is 523 g/mol. The fraction of sp³-hybridized carbons (Fsp3) is 0.160. The molecule has 0 saturated carbocycles. The van der Waals surface area contributed by atoms with Gasteiger partial charge in [0, 0.05) is 33.3 Å². The summed E-state index contributed by atoms with van der Waals surface area (Å²) in [6.07, 6.45) is -0.534. The van der Waals surface area contributed by atoms with E-state index in [1.54, 1.807) is 74.7 Å². The molecule has 0 fully saturated rings. The van der Waals surface area contributed by atoms with E-state index in [4.69, 9.17) is 9.84 Å². The van der Waals surface area contributed by atoms with Crippen molar-refractivity contribution in [3.8, 4) is 21.1 Å². The van der Waals surface area contributed by atoms with Crippen molar-refractivity contribution in [1.29, 1.82) is 0 Å². The number of nitrogens with zero attached hydrogens (tertiary/aromatic N) is 2. The zero-order chi connectivity index (χ0) is 25.9. The zero-order valence-corrected chi connectivity index (χ0v) is 21.2. The Bertz CT molecular complexity index is 1400. The van der Waals surface area contributed by atoms with Gasteiger partial charge in [0.2, 0.25) is 0 Å². The summed E-state index contributed by atoms with van der Waals surface area (Å²) >= 11 is 2.57. The van der Waals surface area contributed by atoms with E-state index in [1.807, 2.05) is 0 Å². The van der Waals surface area contributed by atoms with E-state index in [1.165, 1.54) is 28.1 Å². The Hall–Kier alpha value is -4.09. The Morgan fingerprint density at radius 3 is 1.72 bits per heavy atom. The van der Waals surface area contributed by atoms with Gasteiger partial charge in [-0.1, -0.05) is 0 Å². The standard InChI is InChI=1S/C25H22N4O5S2/c1-25(2,3)34-24(33)27-17-10-6-14(7-11-17)21-28-18(12-35-21)20(30)26-16-8-4-15(5-9-16)22-29-19(13-36-22)23(31)32/h4-13H,1-3H3,(H,26,30)(H,27,33)(H,31,32). The monoisotopic (exact) mass is 522 g/mol. The summed E-state index contributed by atoms with van der Waals surface area (Å²) in [7, 11) is 0. The van der Waals surface area contributed by atoms with Gasteiger partial charge in [0.15, 0.2) is 5.69 Å². The van der Waals surface area contributed by atoms with Gasteiger partial charge < -0.3 is 15.2 Å². The van der Waals surface area contributed by atoms with Gasteiger partial charge in [0.1, 0.15) is 21.3 Å². The molecule has 0 aliphatic heterocycles. The molecular formula is C25H22N4O5S2. The highest BCUT2D eigenvalue weighted by atomic mass is 32.1. The summed E-state index contributed by atoms with van der Waals surface area (Å²) in [5.41, 5.74) is 2.42. The highest BCUT2D eigenvalue weighted by molar-refractivity contribution is 7.13. The Labute approximate surface area is 214 Å². The number of carboxylic acid groups (broad SMARTS) is 1. The number of ether oxygens (including phenoxy) is 1. The molecular weight excluding hydrogens is 500 g/mol. The number of thiazole rings is 2. The average Bonchev–Trinajstić information content (AvgIpc) is 3.49. The highest BCUT2D eigenvalue weighted by Crippen LogP contribution is 2.27. The molecule has 0 spiro atoms. The predicted molar refractivity (Wildman–Crippen MR) is 140 cm³/mol. The maximum absolute atomic E-state index is 12.7. The molecule has 0 atom stereocenters. The molecule has 2 aromatic carbocycles. The van der Waals surface area contributed by atoms with Gasteiger partial charge in [-0.15, -0.1) is 22.7 Å². The third-order valence-electron chi connectivity index (χ3n) is 4.63. The summed E-state index contributed by atoms with van der Waals surface area (Å²) in [5.74, 6) is -1.42. The molecule has 4 aromatic rings. The number of nitrogens with one attached hydrogen (secondary N) is 2. The van der Waals surface area contributed by atoms with Crippen molar-refractivity contribution in [2.45, 2.75) is 26.4 Å². The number of carboxylic acids is 1. The molecule has 3 N–H and O–H groups in total. The number of aromatic nitrogens is 2. The fourth-order valence-corrected chi connectivity index (χ4v) is 4.63. The lowest BCUT2D eigenvalue weighted by Crippen LogP contribution is -2.27. The van der Waals surface area contributed by atoms with E-state index in [0.29, 0.717) is 21.4 Å².